The maximum absolute atomic E-state index is 12.7. The van der Waals surface area contributed by atoms with Crippen molar-refractivity contribution < 1.29 is 19.1 Å². The number of fused-ring (bicyclic) bond motifs is 1. The second-order valence-corrected chi connectivity index (χ2v) is 6.03. The summed E-state index contributed by atoms with van der Waals surface area (Å²) in [5, 5.41) is 0. The fourth-order valence-corrected chi connectivity index (χ4v) is 2.69. The third kappa shape index (κ3) is 3.08. The van der Waals surface area contributed by atoms with Crippen molar-refractivity contribution in [2.45, 2.75) is 40.2 Å². The topological polar surface area (TPSA) is 55.8 Å². The average Bonchev–Trinajstić information content (AvgIpc) is 2.45. The molecular formula is C17H23NO4. The summed E-state index contributed by atoms with van der Waals surface area (Å²) < 4.78 is 10.6. The third-order valence-corrected chi connectivity index (χ3v) is 3.82. The van der Waals surface area contributed by atoms with E-state index in [1.807, 2.05) is 39.8 Å². The summed E-state index contributed by atoms with van der Waals surface area (Å²) in [5.41, 5.74) is 2.79. The Morgan fingerprint density at radius 1 is 1.36 bits per heavy atom. The Kier molecular flexibility index (Phi) is 4.74. The minimum Gasteiger partial charge on any atom is -0.478 e. The van der Waals surface area contributed by atoms with E-state index in [4.69, 9.17) is 4.74 Å². The van der Waals surface area contributed by atoms with Gasteiger partial charge in [0.2, 0.25) is 0 Å². The minimum atomic E-state index is -0.522. The highest BCUT2D eigenvalue weighted by Crippen LogP contribution is 2.39. The quantitative estimate of drug-likeness (QED) is 0.802. The van der Waals surface area contributed by atoms with Crippen molar-refractivity contribution in [3.05, 3.63) is 23.3 Å². The summed E-state index contributed by atoms with van der Waals surface area (Å²) in [6.45, 7) is 8.15. The van der Waals surface area contributed by atoms with E-state index < -0.39 is 6.10 Å². The smallest absolute Gasteiger partial charge is 0.307 e. The first-order valence-electron chi connectivity index (χ1n) is 7.51. The van der Waals surface area contributed by atoms with Crippen molar-refractivity contribution >= 4 is 17.6 Å². The van der Waals surface area contributed by atoms with E-state index in [1.165, 1.54) is 7.11 Å². The van der Waals surface area contributed by atoms with Gasteiger partial charge in [0.25, 0.3) is 5.91 Å². The van der Waals surface area contributed by atoms with Gasteiger partial charge in [0.1, 0.15) is 5.75 Å². The van der Waals surface area contributed by atoms with Gasteiger partial charge in [-0.1, -0.05) is 19.9 Å². The second kappa shape index (κ2) is 6.38. The van der Waals surface area contributed by atoms with E-state index in [9.17, 15) is 9.59 Å². The van der Waals surface area contributed by atoms with E-state index in [0.717, 1.165) is 22.6 Å². The molecule has 0 unspecified atom stereocenters. The van der Waals surface area contributed by atoms with Crippen LogP contribution in [0.2, 0.25) is 0 Å². The molecule has 1 aliphatic rings. The second-order valence-electron chi connectivity index (χ2n) is 6.03. The number of carbonyl (C=O) groups excluding carboxylic acids is 2. The molecule has 0 bridgehead atoms. The van der Waals surface area contributed by atoms with Crippen LogP contribution in [-0.4, -0.2) is 31.6 Å². The molecule has 1 aliphatic heterocycles. The number of hydrogen-bond acceptors (Lipinski definition) is 4. The summed E-state index contributed by atoms with van der Waals surface area (Å²) in [5.74, 6) is 0.360. The minimum absolute atomic E-state index is 0.0574. The van der Waals surface area contributed by atoms with Crippen molar-refractivity contribution in [2.75, 3.05) is 18.6 Å². The lowest BCUT2D eigenvalue weighted by molar-refractivity contribution is -0.140. The number of nitrogens with zero attached hydrogens (tertiary/aromatic N) is 1. The predicted octanol–water partition coefficient (Wildman–Crippen LogP) is 2.62. The molecule has 5 nitrogen and oxygen atoms in total. The number of amides is 1. The van der Waals surface area contributed by atoms with E-state index in [1.54, 1.807) is 4.90 Å². The van der Waals surface area contributed by atoms with Gasteiger partial charge < -0.3 is 14.4 Å². The summed E-state index contributed by atoms with van der Waals surface area (Å²) in [7, 11) is 1.35. The lowest BCUT2D eigenvalue weighted by Crippen LogP contribution is -2.49. The van der Waals surface area contributed by atoms with Crippen molar-refractivity contribution in [1.29, 1.82) is 0 Å². The van der Waals surface area contributed by atoms with Gasteiger partial charge in [-0.2, -0.15) is 0 Å². The molecule has 0 spiro atoms. The first kappa shape index (κ1) is 16.3. The number of aryl methyl sites for hydroxylation is 2. The Hall–Kier alpha value is -2.04. The lowest BCUT2D eigenvalue weighted by atomic mass is 10.0. The van der Waals surface area contributed by atoms with E-state index in [2.05, 4.69) is 4.74 Å². The maximum Gasteiger partial charge on any atom is 0.307 e. The Bertz CT molecular complexity index is 595. The van der Waals surface area contributed by atoms with E-state index >= 15 is 0 Å². The molecule has 5 heteroatoms. The molecule has 0 aliphatic carbocycles. The zero-order valence-corrected chi connectivity index (χ0v) is 13.8. The van der Waals surface area contributed by atoms with Crippen molar-refractivity contribution in [3.63, 3.8) is 0 Å². The molecule has 1 aromatic carbocycles. The molecule has 0 radical (unpaired) electrons. The first-order chi connectivity index (χ1) is 10.3. The highest BCUT2D eigenvalue weighted by Gasteiger charge is 2.37. The molecule has 22 heavy (non-hydrogen) atoms. The molecule has 1 atom stereocenters. The fourth-order valence-electron chi connectivity index (χ4n) is 2.69. The molecule has 1 heterocycles. The van der Waals surface area contributed by atoms with Crippen LogP contribution in [0.3, 0.4) is 0 Å². The maximum atomic E-state index is 12.7. The molecule has 0 aromatic heterocycles. The SMILES string of the molecule is COC(=O)CCN1C(=O)[C@H](C(C)C)Oc2c(C)cc(C)cc21. The van der Waals surface area contributed by atoms with E-state index in [0.29, 0.717) is 6.54 Å². The Morgan fingerprint density at radius 3 is 2.64 bits per heavy atom. The van der Waals surface area contributed by atoms with Crippen molar-refractivity contribution in [2.24, 2.45) is 5.92 Å². The summed E-state index contributed by atoms with van der Waals surface area (Å²) in [6.07, 6.45) is -0.356. The number of anilines is 1. The van der Waals surface area contributed by atoms with Gasteiger partial charge in [-0.3, -0.25) is 9.59 Å². The lowest BCUT2D eigenvalue weighted by Gasteiger charge is -2.37. The van der Waals surface area contributed by atoms with Gasteiger partial charge in [0.05, 0.1) is 19.2 Å². The highest BCUT2D eigenvalue weighted by atomic mass is 16.5. The number of carbonyl (C=O) groups is 2. The van der Waals surface area contributed by atoms with Crippen molar-refractivity contribution in [1.82, 2.24) is 0 Å². The van der Waals surface area contributed by atoms with Crippen LogP contribution in [0.4, 0.5) is 5.69 Å². The van der Waals surface area contributed by atoms with Crippen LogP contribution >= 0.6 is 0 Å². The van der Waals surface area contributed by atoms with Gasteiger partial charge in [-0.25, -0.2) is 0 Å². The molecule has 120 valence electrons. The Morgan fingerprint density at radius 2 is 2.05 bits per heavy atom. The van der Waals surface area contributed by atoms with Crippen LogP contribution in [-0.2, 0) is 14.3 Å². The van der Waals surface area contributed by atoms with Gasteiger partial charge in [-0.15, -0.1) is 0 Å². The summed E-state index contributed by atoms with van der Waals surface area (Å²) >= 11 is 0. The summed E-state index contributed by atoms with van der Waals surface area (Å²) in [6, 6.07) is 3.96. The number of methoxy groups -OCH3 is 1. The standard InChI is InChI=1S/C17H23NO4/c1-10(2)15-17(20)18(7-6-14(19)21-5)13-9-11(3)8-12(4)16(13)22-15/h8-10,15H,6-7H2,1-5H3/t15-/m0/s1. The van der Waals surface area contributed by atoms with Crippen LogP contribution in [0.1, 0.15) is 31.4 Å². The van der Waals surface area contributed by atoms with Crippen LogP contribution in [0.25, 0.3) is 0 Å². The number of ether oxygens (including phenoxy) is 2. The molecular weight excluding hydrogens is 282 g/mol. The zero-order valence-electron chi connectivity index (χ0n) is 13.8. The first-order valence-corrected chi connectivity index (χ1v) is 7.51. The zero-order chi connectivity index (χ0) is 16.4. The van der Waals surface area contributed by atoms with Crippen LogP contribution in [0, 0.1) is 19.8 Å². The number of benzene rings is 1. The highest BCUT2D eigenvalue weighted by molar-refractivity contribution is 6.01. The molecule has 0 saturated carbocycles. The van der Waals surface area contributed by atoms with Crippen LogP contribution in [0.15, 0.2) is 12.1 Å². The fraction of sp³-hybridized carbons (Fsp3) is 0.529. The Labute approximate surface area is 131 Å². The molecule has 2 rings (SSSR count). The predicted molar refractivity (Wildman–Crippen MR) is 84.2 cm³/mol. The molecule has 1 aromatic rings. The van der Waals surface area contributed by atoms with Crippen LogP contribution in [0.5, 0.6) is 5.75 Å². The van der Waals surface area contributed by atoms with Gasteiger partial charge in [-0.05, 0) is 37.0 Å². The number of rotatable bonds is 4. The monoisotopic (exact) mass is 305 g/mol. The van der Waals surface area contributed by atoms with Crippen molar-refractivity contribution in [3.8, 4) is 5.75 Å². The molecule has 0 fully saturated rings. The normalized spacial score (nSPS) is 17.3. The van der Waals surface area contributed by atoms with E-state index in [-0.39, 0.29) is 24.2 Å². The third-order valence-electron chi connectivity index (χ3n) is 3.82. The summed E-state index contributed by atoms with van der Waals surface area (Å²) in [4.78, 5) is 25.8. The Balaban J connectivity index is 2.41. The average molecular weight is 305 g/mol. The number of esters is 1. The molecule has 0 saturated heterocycles. The van der Waals surface area contributed by atoms with Gasteiger partial charge in [0.15, 0.2) is 6.10 Å². The van der Waals surface area contributed by atoms with Gasteiger partial charge >= 0.3 is 5.97 Å². The number of hydrogen-bond donors (Lipinski definition) is 0. The van der Waals surface area contributed by atoms with Crippen LogP contribution < -0.4 is 9.64 Å². The largest absolute Gasteiger partial charge is 0.478 e. The molecule has 0 N–H and O–H groups in total. The molecule has 1 amide bonds. The van der Waals surface area contributed by atoms with Gasteiger partial charge in [0, 0.05) is 6.54 Å².